The van der Waals surface area contributed by atoms with Crippen LogP contribution < -0.4 is 10.1 Å². The highest BCUT2D eigenvalue weighted by Crippen LogP contribution is 2.37. The number of morpholine rings is 1. The van der Waals surface area contributed by atoms with Gasteiger partial charge in [-0.25, -0.2) is 0 Å². The van der Waals surface area contributed by atoms with Gasteiger partial charge in [-0.2, -0.15) is 5.26 Å². The Morgan fingerprint density at radius 1 is 1.31 bits per heavy atom. The van der Waals surface area contributed by atoms with Crippen LogP contribution in [-0.4, -0.2) is 50.8 Å². The number of hydrogen-bond donors (Lipinski definition) is 1. The molecule has 0 radical (unpaired) electrons. The zero-order valence-corrected chi connectivity index (χ0v) is 15.4. The van der Waals surface area contributed by atoms with Crippen LogP contribution in [0.3, 0.4) is 0 Å². The van der Waals surface area contributed by atoms with Crippen molar-refractivity contribution >= 4 is 5.91 Å². The summed E-state index contributed by atoms with van der Waals surface area (Å²) in [5, 5.41) is 12.6. The summed E-state index contributed by atoms with van der Waals surface area (Å²) in [7, 11) is 1.65. The summed E-state index contributed by atoms with van der Waals surface area (Å²) in [5.74, 6) is 0.692. The van der Waals surface area contributed by atoms with Crippen molar-refractivity contribution < 1.29 is 14.3 Å². The van der Waals surface area contributed by atoms with E-state index in [4.69, 9.17) is 9.47 Å². The lowest BCUT2D eigenvalue weighted by atomic mass is 9.87. The number of nitriles is 1. The average Bonchev–Trinajstić information content (AvgIpc) is 3.20. The zero-order valence-electron chi connectivity index (χ0n) is 15.4. The first-order valence-corrected chi connectivity index (χ1v) is 9.34. The van der Waals surface area contributed by atoms with Gasteiger partial charge in [-0.3, -0.25) is 9.69 Å². The van der Waals surface area contributed by atoms with E-state index in [-0.39, 0.29) is 11.9 Å². The molecule has 0 aromatic heterocycles. The number of ether oxygens (including phenoxy) is 2. The molecule has 1 unspecified atom stereocenters. The minimum atomic E-state index is -0.838. The Bertz CT molecular complexity index is 641. The molecule has 6 heteroatoms. The Balaban J connectivity index is 1.72. The Kier molecular flexibility index (Phi) is 6.12. The molecule has 1 aromatic rings. The largest absolute Gasteiger partial charge is 0.497 e. The Labute approximate surface area is 155 Å². The molecule has 2 aliphatic rings. The van der Waals surface area contributed by atoms with Gasteiger partial charge in [0.15, 0.2) is 0 Å². The monoisotopic (exact) mass is 357 g/mol. The van der Waals surface area contributed by atoms with Crippen LogP contribution in [0.25, 0.3) is 0 Å². The van der Waals surface area contributed by atoms with E-state index in [0.29, 0.717) is 32.6 Å². The molecule has 2 fully saturated rings. The predicted molar refractivity (Wildman–Crippen MR) is 97.7 cm³/mol. The van der Waals surface area contributed by atoms with E-state index in [0.717, 1.165) is 37.2 Å². The fourth-order valence-electron chi connectivity index (χ4n) is 3.90. The van der Waals surface area contributed by atoms with Gasteiger partial charge in [-0.15, -0.1) is 0 Å². The topological polar surface area (TPSA) is 74.6 Å². The van der Waals surface area contributed by atoms with Crippen LogP contribution in [0, 0.1) is 16.7 Å². The van der Waals surface area contributed by atoms with Crippen molar-refractivity contribution in [1.82, 2.24) is 10.2 Å². The van der Waals surface area contributed by atoms with E-state index in [1.54, 1.807) is 7.11 Å². The highest BCUT2D eigenvalue weighted by molar-refractivity contribution is 5.85. The molecule has 26 heavy (non-hydrogen) atoms. The molecule has 1 N–H and O–H groups in total. The van der Waals surface area contributed by atoms with Crippen molar-refractivity contribution in [3.63, 3.8) is 0 Å². The van der Waals surface area contributed by atoms with E-state index in [1.165, 1.54) is 0 Å². The van der Waals surface area contributed by atoms with Crippen LogP contribution >= 0.6 is 0 Å². The van der Waals surface area contributed by atoms with E-state index < -0.39 is 5.41 Å². The van der Waals surface area contributed by atoms with Gasteiger partial charge in [0.1, 0.15) is 11.2 Å². The number of methoxy groups -OCH3 is 1. The fraction of sp³-hybridized carbons (Fsp3) is 0.600. The smallest absolute Gasteiger partial charge is 0.240 e. The lowest BCUT2D eigenvalue weighted by molar-refractivity contribution is -0.128. The van der Waals surface area contributed by atoms with Gasteiger partial charge in [0.2, 0.25) is 5.91 Å². The van der Waals surface area contributed by atoms with Crippen molar-refractivity contribution in [1.29, 1.82) is 5.26 Å². The van der Waals surface area contributed by atoms with E-state index in [2.05, 4.69) is 16.3 Å². The van der Waals surface area contributed by atoms with Gasteiger partial charge >= 0.3 is 0 Å². The molecule has 1 atom stereocenters. The van der Waals surface area contributed by atoms with Crippen LogP contribution in [0.15, 0.2) is 24.3 Å². The van der Waals surface area contributed by atoms with Crippen molar-refractivity contribution in [3.05, 3.63) is 29.8 Å². The van der Waals surface area contributed by atoms with Crippen molar-refractivity contribution in [3.8, 4) is 11.8 Å². The molecule has 0 bridgehead atoms. The molecule has 1 amide bonds. The molecular weight excluding hydrogens is 330 g/mol. The second-order valence-corrected chi connectivity index (χ2v) is 7.05. The van der Waals surface area contributed by atoms with Crippen molar-refractivity contribution in [2.75, 3.05) is 40.0 Å². The number of nitrogens with one attached hydrogen (secondary N) is 1. The number of hydrogen-bond acceptors (Lipinski definition) is 5. The van der Waals surface area contributed by atoms with Crippen LogP contribution in [0.1, 0.15) is 37.3 Å². The summed E-state index contributed by atoms with van der Waals surface area (Å²) in [4.78, 5) is 15.1. The minimum absolute atomic E-state index is 0.0610. The Morgan fingerprint density at radius 3 is 2.54 bits per heavy atom. The fourth-order valence-corrected chi connectivity index (χ4v) is 3.90. The second kappa shape index (κ2) is 8.52. The summed E-state index contributed by atoms with van der Waals surface area (Å²) in [6.07, 6.45) is 3.24. The summed E-state index contributed by atoms with van der Waals surface area (Å²) in [5.41, 5.74) is 0.292. The summed E-state index contributed by atoms with van der Waals surface area (Å²) >= 11 is 0. The van der Waals surface area contributed by atoms with Crippen LogP contribution in [0.4, 0.5) is 0 Å². The second-order valence-electron chi connectivity index (χ2n) is 7.05. The van der Waals surface area contributed by atoms with Crippen LogP contribution in [-0.2, 0) is 9.53 Å². The standard InChI is InChI=1S/C20H27N3O3/c1-25-17-6-4-16(5-7-17)18(23-10-12-26-13-11-23)14-22-19(24)20(15-21)8-2-3-9-20/h4-7,18H,2-3,8-14H2,1H3,(H,22,24). The molecule has 140 valence electrons. The number of nitrogens with zero attached hydrogens (tertiary/aromatic N) is 2. The number of rotatable bonds is 6. The van der Waals surface area contributed by atoms with Gasteiger partial charge in [0.05, 0.1) is 32.4 Å². The highest BCUT2D eigenvalue weighted by Gasteiger charge is 2.41. The third kappa shape index (κ3) is 4.00. The third-order valence-electron chi connectivity index (χ3n) is 5.55. The number of benzene rings is 1. The highest BCUT2D eigenvalue weighted by atomic mass is 16.5. The third-order valence-corrected chi connectivity index (χ3v) is 5.55. The van der Waals surface area contributed by atoms with Gasteiger partial charge in [-0.1, -0.05) is 25.0 Å². The van der Waals surface area contributed by atoms with E-state index >= 15 is 0 Å². The van der Waals surface area contributed by atoms with Gasteiger partial charge in [-0.05, 0) is 30.5 Å². The first kappa shape index (κ1) is 18.7. The molecule has 1 aromatic carbocycles. The van der Waals surface area contributed by atoms with Crippen molar-refractivity contribution in [2.45, 2.75) is 31.7 Å². The van der Waals surface area contributed by atoms with Gasteiger partial charge in [0.25, 0.3) is 0 Å². The maximum Gasteiger partial charge on any atom is 0.240 e. The summed E-state index contributed by atoms with van der Waals surface area (Å²) in [6, 6.07) is 10.3. The number of amides is 1. The van der Waals surface area contributed by atoms with Gasteiger partial charge < -0.3 is 14.8 Å². The lowest BCUT2D eigenvalue weighted by Crippen LogP contribution is -2.46. The summed E-state index contributed by atoms with van der Waals surface area (Å²) < 4.78 is 10.7. The Hall–Kier alpha value is -2.10. The average molecular weight is 357 g/mol. The van der Waals surface area contributed by atoms with Gasteiger partial charge in [0, 0.05) is 19.6 Å². The normalized spacial score (nSPS) is 20.9. The van der Waals surface area contributed by atoms with Crippen LogP contribution in [0.5, 0.6) is 5.75 Å². The molecule has 0 spiro atoms. The number of carbonyl (C=O) groups excluding carboxylic acids is 1. The minimum Gasteiger partial charge on any atom is -0.497 e. The molecule has 1 heterocycles. The Morgan fingerprint density at radius 2 is 1.96 bits per heavy atom. The molecule has 1 saturated carbocycles. The van der Waals surface area contributed by atoms with E-state index in [1.807, 2.05) is 24.3 Å². The van der Waals surface area contributed by atoms with Crippen LogP contribution in [0.2, 0.25) is 0 Å². The SMILES string of the molecule is COc1ccc(C(CNC(=O)C2(C#N)CCCC2)N2CCOCC2)cc1. The molecule has 1 aliphatic heterocycles. The first-order valence-electron chi connectivity index (χ1n) is 9.34. The van der Waals surface area contributed by atoms with Crippen molar-refractivity contribution in [2.24, 2.45) is 5.41 Å². The maximum atomic E-state index is 12.7. The molecular formula is C20H27N3O3. The van der Waals surface area contributed by atoms with E-state index in [9.17, 15) is 10.1 Å². The summed E-state index contributed by atoms with van der Waals surface area (Å²) in [6.45, 7) is 3.55. The molecule has 1 saturated heterocycles. The lowest BCUT2D eigenvalue weighted by Gasteiger charge is -2.35. The molecule has 1 aliphatic carbocycles. The zero-order chi connectivity index (χ0) is 18.4. The quantitative estimate of drug-likeness (QED) is 0.845. The first-order chi connectivity index (χ1) is 12.7. The number of carbonyl (C=O) groups is 1. The predicted octanol–water partition coefficient (Wildman–Crippen LogP) is 2.27. The molecule has 3 rings (SSSR count). The maximum absolute atomic E-state index is 12.7. The molecule has 6 nitrogen and oxygen atoms in total.